The summed E-state index contributed by atoms with van der Waals surface area (Å²) in [5.41, 5.74) is 8.40. The molecule has 7 heteroatoms. The zero-order valence-electron chi connectivity index (χ0n) is 13.6. The van der Waals surface area contributed by atoms with Crippen LogP contribution in [0.25, 0.3) is 16.7 Å². The van der Waals surface area contributed by atoms with Crippen molar-refractivity contribution in [2.45, 2.75) is 25.7 Å². The van der Waals surface area contributed by atoms with Crippen molar-refractivity contribution in [3.8, 4) is 0 Å². The molecule has 0 aliphatic carbocycles. The van der Waals surface area contributed by atoms with Gasteiger partial charge in [-0.25, -0.2) is 13.9 Å². The van der Waals surface area contributed by atoms with Crippen molar-refractivity contribution >= 4 is 22.6 Å². The van der Waals surface area contributed by atoms with E-state index in [1.807, 2.05) is 6.20 Å². The van der Waals surface area contributed by atoms with E-state index in [1.165, 1.54) is 12.1 Å². The number of H-pyrrole nitrogens is 1. The van der Waals surface area contributed by atoms with Crippen molar-refractivity contribution in [1.82, 2.24) is 19.5 Å². The van der Waals surface area contributed by atoms with Crippen LogP contribution in [0.15, 0.2) is 18.3 Å². The van der Waals surface area contributed by atoms with E-state index in [2.05, 4.69) is 21.9 Å². The number of piperidine rings is 1. The number of hydrogen-bond acceptors (Lipinski definition) is 3. The van der Waals surface area contributed by atoms with Crippen LogP contribution in [0, 0.1) is 5.82 Å². The Morgan fingerprint density at radius 1 is 1.50 bits per heavy atom. The van der Waals surface area contributed by atoms with Crippen LogP contribution < -0.4 is 5.73 Å². The predicted octanol–water partition coefficient (Wildman–Crippen LogP) is 2.25. The molecule has 126 valence electrons. The molecule has 2 aromatic heterocycles. The second-order valence-electron chi connectivity index (χ2n) is 6.42. The van der Waals surface area contributed by atoms with E-state index in [-0.39, 0.29) is 5.56 Å². The summed E-state index contributed by atoms with van der Waals surface area (Å²) >= 11 is 0. The van der Waals surface area contributed by atoms with Gasteiger partial charge >= 0.3 is 0 Å². The fraction of sp³-hybridized carbons (Fsp3) is 0.412. The van der Waals surface area contributed by atoms with Gasteiger partial charge in [-0.3, -0.25) is 9.89 Å². The number of amides is 1. The van der Waals surface area contributed by atoms with Gasteiger partial charge in [-0.15, -0.1) is 0 Å². The standard InChI is InChI=1S/C17H20FN5O/c1-2-22-5-3-4-10(9-22)13-8-20-23-15-12(16(19)24)6-11(18)7-14(15)21-17(13)23/h6-8,10,20H,2-5,9H2,1H3,(H2,19,24). The van der Waals surface area contributed by atoms with E-state index in [9.17, 15) is 9.18 Å². The second kappa shape index (κ2) is 5.59. The SMILES string of the molecule is CCN1CCCC(c2c[nH]n3c2nc2cc(F)cc(C(N)=O)c23)C1. The number of nitrogens with zero attached hydrogens (tertiary/aromatic N) is 3. The average Bonchev–Trinajstić information content (AvgIpc) is 3.12. The molecule has 3 aromatic rings. The van der Waals surface area contributed by atoms with Crippen LogP contribution in [-0.4, -0.2) is 45.0 Å². The first-order valence-corrected chi connectivity index (χ1v) is 8.29. The van der Waals surface area contributed by atoms with E-state index >= 15 is 0 Å². The molecule has 1 fully saturated rings. The highest BCUT2D eigenvalue weighted by Gasteiger charge is 2.25. The quantitative estimate of drug-likeness (QED) is 0.773. The van der Waals surface area contributed by atoms with Gasteiger partial charge in [-0.1, -0.05) is 6.92 Å². The molecule has 3 N–H and O–H groups in total. The fourth-order valence-electron chi connectivity index (χ4n) is 3.78. The lowest BCUT2D eigenvalue weighted by atomic mass is 9.92. The smallest absolute Gasteiger partial charge is 0.251 e. The molecule has 6 nitrogen and oxygen atoms in total. The molecule has 1 unspecified atom stereocenters. The van der Waals surface area contributed by atoms with E-state index in [0.29, 0.717) is 17.0 Å². The summed E-state index contributed by atoms with van der Waals surface area (Å²) in [7, 11) is 0. The van der Waals surface area contributed by atoms with Crippen LogP contribution in [0.3, 0.4) is 0 Å². The van der Waals surface area contributed by atoms with Gasteiger partial charge in [0.05, 0.1) is 11.1 Å². The minimum absolute atomic E-state index is 0.143. The van der Waals surface area contributed by atoms with Crippen molar-refractivity contribution in [1.29, 1.82) is 0 Å². The maximum Gasteiger partial charge on any atom is 0.251 e. The number of halogens is 1. The Morgan fingerprint density at radius 3 is 3.08 bits per heavy atom. The number of nitrogens with one attached hydrogen (secondary N) is 1. The van der Waals surface area contributed by atoms with Crippen LogP contribution in [0.1, 0.15) is 41.6 Å². The zero-order chi connectivity index (χ0) is 16.8. The zero-order valence-corrected chi connectivity index (χ0v) is 13.6. The van der Waals surface area contributed by atoms with Gasteiger partial charge in [-0.05, 0) is 32.0 Å². The Morgan fingerprint density at radius 2 is 2.33 bits per heavy atom. The van der Waals surface area contributed by atoms with Crippen LogP contribution in [0.5, 0.6) is 0 Å². The lowest BCUT2D eigenvalue weighted by Gasteiger charge is -2.31. The maximum atomic E-state index is 13.8. The van der Waals surface area contributed by atoms with Crippen LogP contribution in [0.2, 0.25) is 0 Å². The number of benzene rings is 1. The third-order valence-corrected chi connectivity index (χ3v) is 4.98. The predicted molar refractivity (Wildman–Crippen MR) is 89.6 cm³/mol. The summed E-state index contributed by atoms with van der Waals surface area (Å²) < 4.78 is 15.5. The number of carbonyl (C=O) groups excluding carboxylic acids is 1. The van der Waals surface area contributed by atoms with Crippen LogP contribution in [-0.2, 0) is 0 Å². The van der Waals surface area contributed by atoms with Crippen LogP contribution in [0.4, 0.5) is 4.39 Å². The molecule has 1 amide bonds. The molecule has 1 aliphatic heterocycles. The van der Waals surface area contributed by atoms with E-state index < -0.39 is 11.7 Å². The first-order valence-electron chi connectivity index (χ1n) is 8.29. The Balaban J connectivity index is 1.88. The Bertz CT molecular complexity index is 928. The first-order chi connectivity index (χ1) is 11.6. The minimum atomic E-state index is -0.660. The number of primary amides is 1. The number of nitrogens with two attached hydrogens (primary N) is 1. The summed E-state index contributed by atoms with van der Waals surface area (Å²) in [5, 5.41) is 3.16. The number of carbonyl (C=O) groups is 1. The minimum Gasteiger partial charge on any atom is -0.366 e. The van der Waals surface area contributed by atoms with Crippen molar-refractivity contribution in [2.24, 2.45) is 5.73 Å². The topological polar surface area (TPSA) is 79.4 Å². The van der Waals surface area contributed by atoms with Gasteiger partial charge in [0.15, 0.2) is 5.65 Å². The summed E-state index contributed by atoms with van der Waals surface area (Å²) in [5.74, 6) is -0.785. The number of fused-ring (bicyclic) bond motifs is 3. The molecule has 4 rings (SSSR count). The normalized spacial score (nSPS) is 19.3. The molecule has 1 saturated heterocycles. The molecule has 0 radical (unpaired) electrons. The highest BCUT2D eigenvalue weighted by atomic mass is 19.1. The molecule has 1 aliphatic rings. The molecule has 3 heterocycles. The molecule has 0 bridgehead atoms. The number of rotatable bonds is 3. The second-order valence-corrected chi connectivity index (χ2v) is 6.42. The highest BCUT2D eigenvalue weighted by molar-refractivity contribution is 6.05. The number of imidazole rings is 1. The molecular weight excluding hydrogens is 309 g/mol. The number of aromatic amines is 1. The molecule has 0 saturated carbocycles. The van der Waals surface area contributed by atoms with Crippen molar-refractivity contribution in [3.63, 3.8) is 0 Å². The molecule has 1 aromatic carbocycles. The summed E-state index contributed by atoms with van der Waals surface area (Å²) in [6, 6.07) is 2.50. The van der Waals surface area contributed by atoms with Crippen molar-refractivity contribution in [3.05, 3.63) is 35.3 Å². The third kappa shape index (κ3) is 2.27. The monoisotopic (exact) mass is 329 g/mol. The average molecular weight is 329 g/mol. The number of hydrogen-bond donors (Lipinski definition) is 2. The van der Waals surface area contributed by atoms with Gasteiger partial charge in [-0.2, -0.15) is 0 Å². The maximum absolute atomic E-state index is 13.8. The van der Waals surface area contributed by atoms with Gasteiger partial charge in [0.25, 0.3) is 5.91 Å². The van der Waals surface area contributed by atoms with Gasteiger partial charge in [0.2, 0.25) is 0 Å². The Hall–Kier alpha value is -2.41. The Kier molecular flexibility index (Phi) is 3.53. The Labute approximate surface area is 138 Å². The van der Waals surface area contributed by atoms with Gasteiger partial charge in [0, 0.05) is 30.3 Å². The summed E-state index contributed by atoms with van der Waals surface area (Å²) in [4.78, 5) is 18.7. The lowest BCUT2D eigenvalue weighted by molar-refractivity contribution is 0.100. The van der Waals surface area contributed by atoms with Gasteiger partial charge < -0.3 is 10.6 Å². The highest BCUT2D eigenvalue weighted by Crippen LogP contribution is 2.32. The summed E-state index contributed by atoms with van der Waals surface area (Å²) in [6.07, 6.45) is 4.20. The van der Waals surface area contributed by atoms with E-state index in [0.717, 1.165) is 43.7 Å². The number of aromatic nitrogens is 3. The number of likely N-dealkylation sites (N-methyl/N-ethyl adjacent to an activating group) is 1. The molecular formula is C17H20FN5O. The van der Waals surface area contributed by atoms with E-state index in [4.69, 9.17) is 5.73 Å². The van der Waals surface area contributed by atoms with Crippen LogP contribution >= 0.6 is 0 Å². The number of likely N-dealkylation sites (tertiary alicyclic amines) is 1. The van der Waals surface area contributed by atoms with Gasteiger partial charge in [0.1, 0.15) is 11.3 Å². The van der Waals surface area contributed by atoms with Crippen molar-refractivity contribution < 1.29 is 9.18 Å². The molecule has 0 spiro atoms. The first kappa shape index (κ1) is 15.1. The summed E-state index contributed by atoms with van der Waals surface area (Å²) in [6.45, 7) is 5.32. The lowest BCUT2D eigenvalue weighted by Crippen LogP contribution is -2.34. The fourth-order valence-corrected chi connectivity index (χ4v) is 3.78. The third-order valence-electron chi connectivity index (χ3n) is 4.98. The van der Waals surface area contributed by atoms with Crippen molar-refractivity contribution in [2.75, 3.05) is 19.6 Å². The molecule has 1 atom stereocenters. The molecule has 24 heavy (non-hydrogen) atoms. The largest absolute Gasteiger partial charge is 0.366 e. The van der Waals surface area contributed by atoms with E-state index in [1.54, 1.807) is 4.52 Å².